The van der Waals surface area contributed by atoms with E-state index in [4.69, 9.17) is 5.26 Å². The van der Waals surface area contributed by atoms with Crippen LogP contribution in [0.1, 0.15) is 29.3 Å². The molecule has 0 saturated carbocycles. The fraction of sp³-hybridized carbons (Fsp3) is 0.200. The zero-order valence-electron chi connectivity index (χ0n) is 10.6. The summed E-state index contributed by atoms with van der Waals surface area (Å²) in [5.74, 6) is -0.456. The SMILES string of the molecule is C=CC1(O)CC(c2ccc(C#N)cc2F)n2cncc21. The van der Waals surface area contributed by atoms with Gasteiger partial charge in [0.05, 0.1) is 35.9 Å². The summed E-state index contributed by atoms with van der Waals surface area (Å²) in [4.78, 5) is 4.01. The molecule has 2 aromatic rings. The van der Waals surface area contributed by atoms with E-state index in [1.807, 2.05) is 6.07 Å². The Kier molecular flexibility index (Phi) is 2.70. The minimum atomic E-state index is -1.21. The van der Waals surface area contributed by atoms with Crippen molar-refractivity contribution in [3.63, 3.8) is 0 Å². The van der Waals surface area contributed by atoms with E-state index in [2.05, 4.69) is 11.6 Å². The molecule has 0 saturated heterocycles. The zero-order valence-corrected chi connectivity index (χ0v) is 10.6. The third-order valence-corrected chi connectivity index (χ3v) is 3.78. The summed E-state index contributed by atoms with van der Waals surface area (Å²) in [6, 6.07) is 5.90. The molecular weight excluding hydrogens is 257 g/mol. The summed E-state index contributed by atoms with van der Waals surface area (Å²) in [6.07, 6.45) is 4.88. The number of rotatable bonds is 2. The molecule has 5 heteroatoms. The van der Waals surface area contributed by atoms with Crippen LogP contribution in [0.5, 0.6) is 0 Å². The Morgan fingerprint density at radius 1 is 1.60 bits per heavy atom. The van der Waals surface area contributed by atoms with Crippen LogP contribution in [0.3, 0.4) is 0 Å². The van der Waals surface area contributed by atoms with Crippen molar-refractivity contribution in [3.8, 4) is 6.07 Å². The number of halogens is 1. The highest BCUT2D eigenvalue weighted by Crippen LogP contribution is 2.43. The van der Waals surface area contributed by atoms with Crippen molar-refractivity contribution in [2.75, 3.05) is 0 Å². The van der Waals surface area contributed by atoms with Gasteiger partial charge in [-0.2, -0.15) is 5.26 Å². The van der Waals surface area contributed by atoms with E-state index >= 15 is 0 Å². The van der Waals surface area contributed by atoms with Crippen LogP contribution in [0, 0.1) is 17.1 Å². The second kappa shape index (κ2) is 4.29. The van der Waals surface area contributed by atoms with Gasteiger partial charge in [0, 0.05) is 12.0 Å². The van der Waals surface area contributed by atoms with E-state index in [0.717, 1.165) is 0 Å². The highest BCUT2D eigenvalue weighted by Gasteiger charge is 2.42. The molecule has 0 radical (unpaired) electrons. The van der Waals surface area contributed by atoms with Crippen LogP contribution in [-0.2, 0) is 5.60 Å². The number of imidazole rings is 1. The quantitative estimate of drug-likeness (QED) is 0.851. The molecular formula is C15H12FN3O. The zero-order chi connectivity index (χ0) is 14.3. The molecule has 0 spiro atoms. The number of aromatic nitrogens is 2. The molecule has 1 aliphatic heterocycles. The molecule has 1 aromatic carbocycles. The lowest BCUT2D eigenvalue weighted by molar-refractivity contribution is 0.0883. The lowest BCUT2D eigenvalue weighted by Gasteiger charge is -2.17. The lowest BCUT2D eigenvalue weighted by Crippen LogP contribution is -2.18. The molecule has 0 amide bonds. The van der Waals surface area contributed by atoms with E-state index in [9.17, 15) is 9.50 Å². The Morgan fingerprint density at radius 3 is 3.05 bits per heavy atom. The predicted octanol–water partition coefficient (Wildman–Crippen LogP) is 2.26. The number of fused-ring (bicyclic) bond motifs is 1. The number of nitrogens with zero attached hydrogens (tertiary/aromatic N) is 3. The van der Waals surface area contributed by atoms with Crippen LogP contribution in [0.15, 0.2) is 43.4 Å². The lowest BCUT2D eigenvalue weighted by atomic mass is 9.93. The van der Waals surface area contributed by atoms with Crippen LogP contribution in [-0.4, -0.2) is 14.7 Å². The van der Waals surface area contributed by atoms with Gasteiger partial charge in [0.15, 0.2) is 0 Å². The van der Waals surface area contributed by atoms with Gasteiger partial charge in [-0.3, -0.25) is 0 Å². The topological polar surface area (TPSA) is 61.8 Å². The van der Waals surface area contributed by atoms with Gasteiger partial charge in [0.25, 0.3) is 0 Å². The van der Waals surface area contributed by atoms with Crippen LogP contribution in [0.25, 0.3) is 0 Å². The van der Waals surface area contributed by atoms with Gasteiger partial charge in [0.2, 0.25) is 0 Å². The first-order valence-electron chi connectivity index (χ1n) is 6.17. The highest BCUT2D eigenvalue weighted by atomic mass is 19.1. The number of hydrogen-bond acceptors (Lipinski definition) is 3. The minimum Gasteiger partial charge on any atom is -0.379 e. The van der Waals surface area contributed by atoms with E-state index in [-0.39, 0.29) is 11.6 Å². The van der Waals surface area contributed by atoms with E-state index in [0.29, 0.717) is 17.7 Å². The molecule has 1 N–H and O–H groups in total. The number of nitriles is 1. The standard InChI is InChI=1S/C15H12FN3O/c1-2-15(20)6-13(19-9-18-8-14(15)19)11-4-3-10(7-17)5-12(11)16/h2-5,8-9,13,20H,1,6H2. The Hall–Kier alpha value is -2.45. The van der Waals surface area contributed by atoms with Crippen LogP contribution < -0.4 is 0 Å². The van der Waals surface area contributed by atoms with Crippen molar-refractivity contribution in [2.24, 2.45) is 0 Å². The largest absolute Gasteiger partial charge is 0.379 e. The molecule has 4 nitrogen and oxygen atoms in total. The normalized spacial score (nSPS) is 24.1. The van der Waals surface area contributed by atoms with Crippen molar-refractivity contribution in [1.29, 1.82) is 5.26 Å². The monoisotopic (exact) mass is 269 g/mol. The van der Waals surface area contributed by atoms with Crippen molar-refractivity contribution >= 4 is 0 Å². The van der Waals surface area contributed by atoms with Gasteiger partial charge in [-0.15, -0.1) is 0 Å². The number of aliphatic hydroxyl groups is 1. The predicted molar refractivity (Wildman–Crippen MR) is 70.2 cm³/mol. The fourth-order valence-electron chi connectivity index (χ4n) is 2.70. The Labute approximate surface area is 115 Å². The van der Waals surface area contributed by atoms with E-state index in [1.165, 1.54) is 12.1 Å². The van der Waals surface area contributed by atoms with Gasteiger partial charge in [-0.25, -0.2) is 9.37 Å². The van der Waals surface area contributed by atoms with Crippen molar-refractivity contribution in [3.05, 3.63) is 66.0 Å². The molecule has 20 heavy (non-hydrogen) atoms. The Balaban J connectivity index is 2.10. The molecule has 2 heterocycles. The smallest absolute Gasteiger partial charge is 0.129 e. The molecule has 2 atom stereocenters. The summed E-state index contributed by atoms with van der Waals surface area (Å²) in [7, 11) is 0. The average molecular weight is 269 g/mol. The van der Waals surface area contributed by atoms with Gasteiger partial charge < -0.3 is 9.67 Å². The number of benzene rings is 1. The van der Waals surface area contributed by atoms with Crippen LogP contribution in [0.2, 0.25) is 0 Å². The first kappa shape index (κ1) is 12.6. The summed E-state index contributed by atoms with van der Waals surface area (Å²) in [5.41, 5.74) is 0.0954. The van der Waals surface area contributed by atoms with Crippen LogP contribution >= 0.6 is 0 Å². The third kappa shape index (κ3) is 1.66. The van der Waals surface area contributed by atoms with Gasteiger partial charge >= 0.3 is 0 Å². The summed E-state index contributed by atoms with van der Waals surface area (Å²) < 4.78 is 15.9. The third-order valence-electron chi connectivity index (χ3n) is 3.78. The minimum absolute atomic E-state index is 0.272. The van der Waals surface area contributed by atoms with Crippen molar-refractivity contribution in [2.45, 2.75) is 18.1 Å². The summed E-state index contributed by atoms with van der Waals surface area (Å²) in [6.45, 7) is 3.64. The molecule has 0 aliphatic carbocycles. The molecule has 1 aliphatic rings. The van der Waals surface area contributed by atoms with E-state index in [1.54, 1.807) is 29.2 Å². The maximum Gasteiger partial charge on any atom is 0.129 e. The van der Waals surface area contributed by atoms with Gasteiger partial charge in [0.1, 0.15) is 11.4 Å². The first-order valence-corrected chi connectivity index (χ1v) is 6.17. The average Bonchev–Trinajstić information content (AvgIpc) is 3.03. The second-order valence-electron chi connectivity index (χ2n) is 4.88. The fourth-order valence-corrected chi connectivity index (χ4v) is 2.70. The first-order chi connectivity index (χ1) is 9.59. The molecule has 100 valence electrons. The van der Waals surface area contributed by atoms with Crippen molar-refractivity contribution < 1.29 is 9.50 Å². The second-order valence-corrected chi connectivity index (χ2v) is 4.88. The van der Waals surface area contributed by atoms with Gasteiger partial charge in [-0.05, 0) is 12.1 Å². The Morgan fingerprint density at radius 2 is 2.40 bits per heavy atom. The molecule has 1 aromatic heterocycles. The van der Waals surface area contributed by atoms with E-state index < -0.39 is 11.4 Å². The highest BCUT2D eigenvalue weighted by molar-refractivity contribution is 5.37. The van der Waals surface area contributed by atoms with Crippen LogP contribution in [0.4, 0.5) is 4.39 Å². The molecule has 3 rings (SSSR count). The Bertz CT molecular complexity index is 731. The maximum atomic E-state index is 14.2. The summed E-state index contributed by atoms with van der Waals surface area (Å²) in [5, 5.41) is 19.3. The number of hydrogen-bond donors (Lipinski definition) is 1. The summed E-state index contributed by atoms with van der Waals surface area (Å²) >= 11 is 0. The molecule has 2 unspecified atom stereocenters. The molecule has 0 bridgehead atoms. The maximum absolute atomic E-state index is 14.2. The molecule has 0 fully saturated rings. The van der Waals surface area contributed by atoms with Gasteiger partial charge in [-0.1, -0.05) is 18.7 Å². The van der Waals surface area contributed by atoms with Crippen molar-refractivity contribution in [1.82, 2.24) is 9.55 Å².